The highest BCUT2D eigenvalue weighted by molar-refractivity contribution is 7.95. The minimum absolute atomic E-state index is 0.0624. The summed E-state index contributed by atoms with van der Waals surface area (Å²) in [5, 5.41) is 24.1. The zero-order chi connectivity index (χ0) is 30.5. The third-order valence-corrected chi connectivity index (χ3v) is 12.2. The van der Waals surface area contributed by atoms with Gasteiger partial charge in [-0.3, -0.25) is 0 Å². The molecule has 0 amide bonds. The Bertz CT molecular complexity index is 1390. The fourth-order valence-electron chi connectivity index (χ4n) is 4.93. The minimum atomic E-state index is -4.55. The van der Waals surface area contributed by atoms with E-state index in [9.17, 15) is 23.2 Å². The molecular weight excluding hydrogens is 551 g/mol. The van der Waals surface area contributed by atoms with Crippen molar-refractivity contribution in [2.24, 2.45) is 0 Å². The molecule has 0 heterocycles. The predicted octanol–water partition coefficient (Wildman–Crippen LogP) is 5.86. The summed E-state index contributed by atoms with van der Waals surface area (Å²) in [5.74, 6) is 0.0624. The zero-order valence-corrected chi connectivity index (χ0v) is 26.4. The molecule has 4 rings (SSSR count). The number of aliphatic hydroxyl groups is 1. The monoisotopic (exact) mass is 592 g/mol. The first-order chi connectivity index (χ1) is 19.1. The lowest BCUT2D eigenvalue weighted by molar-refractivity contribution is 0.321. The van der Waals surface area contributed by atoms with Gasteiger partial charge in [0.15, 0.2) is 0 Å². The van der Waals surface area contributed by atoms with Gasteiger partial charge in [0.2, 0.25) is 0 Å². The SMILES string of the molecule is CC(C)(C)c1cc(S(=O)(=O)[O-])cc(C(C)(C)C)c1O.OCC[P+](c1ccccc1)(c1ccccc1)c1ccccc1. The summed E-state index contributed by atoms with van der Waals surface area (Å²) in [6.07, 6.45) is 0.769. The van der Waals surface area contributed by atoms with Gasteiger partial charge >= 0.3 is 0 Å². The first kappa shape index (κ1) is 32.5. The first-order valence-electron chi connectivity index (χ1n) is 13.6. The highest BCUT2D eigenvalue weighted by Gasteiger charge is 2.44. The Morgan fingerprint density at radius 3 is 1.22 bits per heavy atom. The Morgan fingerprint density at radius 2 is 0.976 bits per heavy atom. The fourth-order valence-corrected chi connectivity index (χ4v) is 9.46. The summed E-state index contributed by atoms with van der Waals surface area (Å²) >= 11 is 0. The molecule has 0 unspecified atom stereocenters. The molecule has 0 saturated heterocycles. The van der Waals surface area contributed by atoms with Crippen LogP contribution in [0.3, 0.4) is 0 Å². The summed E-state index contributed by atoms with van der Waals surface area (Å²) in [6.45, 7) is 11.3. The molecule has 0 atom stereocenters. The van der Waals surface area contributed by atoms with Gasteiger partial charge in [0, 0.05) is 11.1 Å². The normalized spacial score (nSPS) is 12.4. The van der Waals surface area contributed by atoms with E-state index < -0.39 is 28.2 Å². The van der Waals surface area contributed by atoms with E-state index in [-0.39, 0.29) is 17.3 Å². The van der Waals surface area contributed by atoms with Crippen molar-refractivity contribution in [2.75, 3.05) is 12.8 Å². The predicted molar refractivity (Wildman–Crippen MR) is 171 cm³/mol. The van der Waals surface area contributed by atoms with Gasteiger partial charge in [-0.05, 0) is 59.4 Å². The van der Waals surface area contributed by atoms with E-state index in [0.29, 0.717) is 11.1 Å². The molecule has 0 spiro atoms. The van der Waals surface area contributed by atoms with Crippen molar-refractivity contribution in [2.45, 2.75) is 57.3 Å². The number of phenolic OH excluding ortho intramolecular Hbond substituents is 1. The van der Waals surface area contributed by atoms with Crippen LogP contribution in [0, 0.1) is 0 Å². The van der Waals surface area contributed by atoms with E-state index in [1.165, 1.54) is 28.0 Å². The molecule has 41 heavy (non-hydrogen) atoms. The Hall–Kier alpha value is -3.02. The topological polar surface area (TPSA) is 97.7 Å². The van der Waals surface area contributed by atoms with Crippen LogP contribution in [0.25, 0.3) is 0 Å². The summed E-state index contributed by atoms with van der Waals surface area (Å²) in [6, 6.07) is 34.4. The van der Waals surface area contributed by atoms with Crippen LogP contribution in [-0.2, 0) is 20.9 Å². The van der Waals surface area contributed by atoms with Crippen molar-refractivity contribution in [3.05, 3.63) is 114 Å². The Labute approximate surface area is 246 Å². The highest BCUT2D eigenvalue weighted by Crippen LogP contribution is 2.54. The van der Waals surface area contributed by atoms with Crippen LogP contribution in [0.4, 0.5) is 0 Å². The maximum absolute atomic E-state index is 11.3. The van der Waals surface area contributed by atoms with Crippen LogP contribution in [0.15, 0.2) is 108 Å². The summed E-state index contributed by atoms with van der Waals surface area (Å²) in [7, 11) is -6.35. The molecule has 0 aliphatic carbocycles. The second-order valence-electron chi connectivity index (χ2n) is 12.1. The molecule has 2 N–H and O–H groups in total. The van der Waals surface area contributed by atoms with Crippen molar-refractivity contribution in [1.29, 1.82) is 0 Å². The van der Waals surface area contributed by atoms with Crippen molar-refractivity contribution in [1.82, 2.24) is 0 Å². The van der Waals surface area contributed by atoms with Crippen LogP contribution in [0.5, 0.6) is 5.75 Å². The van der Waals surface area contributed by atoms with Gasteiger partial charge in [0.25, 0.3) is 0 Å². The number of hydrogen-bond acceptors (Lipinski definition) is 5. The lowest BCUT2D eigenvalue weighted by Gasteiger charge is -2.28. The van der Waals surface area contributed by atoms with Gasteiger partial charge in [0.05, 0.1) is 17.7 Å². The minimum Gasteiger partial charge on any atom is -0.744 e. The molecule has 0 radical (unpaired) electrons. The van der Waals surface area contributed by atoms with Crippen LogP contribution in [-0.4, -0.2) is 36.0 Å². The maximum Gasteiger partial charge on any atom is 0.124 e. The van der Waals surface area contributed by atoms with Gasteiger partial charge in [-0.1, -0.05) is 96.1 Å². The Morgan fingerprint density at radius 1 is 0.659 bits per heavy atom. The number of benzene rings is 4. The second kappa shape index (κ2) is 12.9. The lowest BCUT2D eigenvalue weighted by atomic mass is 9.79. The number of rotatable bonds is 6. The largest absolute Gasteiger partial charge is 0.744 e. The van der Waals surface area contributed by atoms with E-state index in [1.54, 1.807) is 0 Å². The first-order valence-corrected chi connectivity index (χ1v) is 17.0. The van der Waals surface area contributed by atoms with Crippen LogP contribution in [0.1, 0.15) is 52.7 Å². The van der Waals surface area contributed by atoms with Gasteiger partial charge in [-0.15, -0.1) is 0 Å². The molecule has 0 aromatic heterocycles. The lowest BCUT2D eigenvalue weighted by Crippen LogP contribution is -2.34. The average Bonchev–Trinajstić information content (AvgIpc) is 2.92. The molecule has 0 fully saturated rings. The van der Waals surface area contributed by atoms with E-state index >= 15 is 0 Å². The third-order valence-electron chi connectivity index (χ3n) is 7.01. The molecule has 0 aliphatic rings. The second-order valence-corrected chi connectivity index (χ2v) is 17.1. The summed E-state index contributed by atoms with van der Waals surface area (Å²) in [4.78, 5) is -0.292. The summed E-state index contributed by atoms with van der Waals surface area (Å²) in [5.41, 5.74) is 0.0268. The summed E-state index contributed by atoms with van der Waals surface area (Å²) < 4.78 is 33.8. The Kier molecular flexibility index (Phi) is 10.2. The number of phenols is 1. The van der Waals surface area contributed by atoms with E-state index in [4.69, 9.17) is 0 Å². The smallest absolute Gasteiger partial charge is 0.124 e. The third kappa shape index (κ3) is 7.64. The van der Waals surface area contributed by atoms with E-state index in [2.05, 4.69) is 72.8 Å². The van der Waals surface area contributed by atoms with Crippen LogP contribution < -0.4 is 15.9 Å². The Balaban J connectivity index is 0.000000229. The molecule has 0 bridgehead atoms. The fraction of sp³-hybridized carbons (Fsp3) is 0.294. The van der Waals surface area contributed by atoms with E-state index in [1.807, 2.05) is 59.7 Å². The standard InChI is InChI=1S/C20H20OP.C14H22O4S/c21-16-17-22(18-10-4-1-5-11-18,19-12-6-2-7-13-19)20-14-8-3-9-15-20;1-13(2,3)10-7-9(19(16,17)18)8-11(12(10)15)14(4,5)6/h1-15,21H,16-17H2;7-8,15H,1-6H3,(H,16,17,18)/q+1;/p-1. The van der Waals surface area contributed by atoms with Crippen molar-refractivity contribution < 1.29 is 23.2 Å². The molecule has 0 saturated carbocycles. The highest BCUT2D eigenvalue weighted by atomic mass is 32.2. The van der Waals surface area contributed by atoms with Gasteiger partial charge in [-0.2, -0.15) is 0 Å². The number of aromatic hydroxyl groups is 1. The quantitative estimate of drug-likeness (QED) is 0.216. The number of hydrogen-bond donors (Lipinski definition) is 2. The van der Waals surface area contributed by atoms with Crippen LogP contribution >= 0.6 is 7.26 Å². The molecular formula is C34H41O5PS. The van der Waals surface area contributed by atoms with Gasteiger partial charge in [0.1, 0.15) is 39.0 Å². The maximum atomic E-state index is 11.3. The zero-order valence-electron chi connectivity index (χ0n) is 24.7. The van der Waals surface area contributed by atoms with Gasteiger partial charge < -0.3 is 14.8 Å². The molecule has 218 valence electrons. The average molecular weight is 593 g/mol. The van der Waals surface area contributed by atoms with Crippen molar-refractivity contribution in [3.63, 3.8) is 0 Å². The van der Waals surface area contributed by atoms with Crippen molar-refractivity contribution in [3.8, 4) is 5.75 Å². The molecule has 4 aromatic rings. The van der Waals surface area contributed by atoms with E-state index in [0.717, 1.165) is 6.16 Å². The molecule has 4 aromatic carbocycles. The van der Waals surface area contributed by atoms with Crippen molar-refractivity contribution >= 4 is 33.3 Å². The molecule has 5 nitrogen and oxygen atoms in total. The van der Waals surface area contributed by atoms with Crippen LogP contribution in [0.2, 0.25) is 0 Å². The van der Waals surface area contributed by atoms with Gasteiger partial charge in [-0.25, -0.2) is 8.42 Å². The molecule has 7 heteroatoms. The molecule has 0 aliphatic heterocycles. The number of aliphatic hydroxyl groups excluding tert-OH is 1.